The molecule has 0 bridgehead atoms. The van der Waals surface area contributed by atoms with Crippen molar-refractivity contribution in [2.45, 2.75) is 57.0 Å². The van der Waals surface area contributed by atoms with Gasteiger partial charge in [-0.3, -0.25) is 4.18 Å². The summed E-state index contributed by atoms with van der Waals surface area (Å²) in [5, 5.41) is 0. The molecule has 1 atom stereocenters. The van der Waals surface area contributed by atoms with Crippen LogP contribution in [0.25, 0.3) is 0 Å². The Hall–Kier alpha value is -0.870. The first-order chi connectivity index (χ1) is 8.56. The molecule has 0 aliphatic carbocycles. The summed E-state index contributed by atoms with van der Waals surface area (Å²) >= 11 is 0. The Morgan fingerprint density at radius 3 is 2.39 bits per heavy atom. The quantitative estimate of drug-likeness (QED) is 0.533. The second-order valence-corrected chi connectivity index (χ2v) is 6.10. The second kappa shape index (κ2) is 7.54. The topological polar surface area (TPSA) is 43.4 Å². The Morgan fingerprint density at radius 2 is 1.78 bits per heavy atom. The van der Waals surface area contributed by atoms with Gasteiger partial charge in [-0.05, 0) is 25.5 Å². The molecule has 0 aromatic heterocycles. The first kappa shape index (κ1) is 15.2. The van der Waals surface area contributed by atoms with Crippen molar-refractivity contribution in [3.05, 3.63) is 30.3 Å². The van der Waals surface area contributed by atoms with Crippen molar-refractivity contribution in [3.8, 4) is 0 Å². The van der Waals surface area contributed by atoms with Gasteiger partial charge in [0.2, 0.25) is 0 Å². The Bertz CT molecular complexity index is 426. The summed E-state index contributed by atoms with van der Waals surface area (Å²) in [6, 6.07) is 8.29. The van der Waals surface area contributed by atoms with Gasteiger partial charge in [-0.15, -0.1) is 0 Å². The van der Waals surface area contributed by atoms with E-state index in [2.05, 4.69) is 6.92 Å². The number of hydrogen-bond donors (Lipinski definition) is 0. The van der Waals surface area contributed by atoms with E-state index < -0.39 is 10.1 Å². The Balaban J connectivity index is 2.46. The molecular formula is C14H22O3S. The lowest BCUT2D eigenvalue weighted by molar-refractivity contribution is 0.213. The molecule has 0 heterocycles. The van der Waals surface area contributed by atoms with Gasteiger partial charge in [0.05, 0.1) is 11.0 Å². The predicted molar refractivity (Wildman–Crippen MR) is 72.9 cm³/mol. The molecule has 1 aromatic carbocycles. The summed E-state index contributed by atoms with van der Waals surface area (Å²) < 4.78 is 29.0. The first-order valence-corrected chi connectivity index (χ1v) is 7.95. The largest absolute Gasteiger partial charge is 0.297 e. The lowest BCUT2D eigenvalue weighted by atomic mass is 10.1. The summed E-state index contributed by atoms with van der Waals surface area (Å²) in [7, 11) is -3.60. The van der Waals surface area contributed by atoms with Gasteiger partial charge in [-0.2, -0.15) is 8.42 Å². The molecule has 18 heavy (non-hydrogen) atoms. The van der Waals surface area contributed by atoms with Gasteiger partial charge in [0.25, 0.3) is 10.1 Å². The lowest BCUT2D eigenvalue weighted by Gasteiger charge is -2.12. The highest BCUT2D eigenvalue weighted by atomic mass is 32.2. The van der Waals surface area contributed by atoms with E-state index in [1.54, 1.807) is 30.3 Å². The van der Waals surface area contributed by atoms with Crippen LogP contribution < -0.4 is 0 Å². The maximum atomic E-state index is 11.9. The van der Waals surface area contributed by atoms with Gasteiger partial charge >= 0.3 is 0 Å². The van der Waals surface area contributed by atoms with Crippen LogP contribution in [0.3, 0.4) is 0 Å². The average Bonchev–Trinajstić information content (AvgIpc) is 2.35. The van der Waals surface area contributed by atoms with Crippen LogP contribution in [-0.4, -0.2) is 14.5 Å². The molecule has 0 amide bonds. The monoisotopic (exact) mass is 270 g/mol. The van der Waals surface area contributed by atoms with Crippen LogP contribution in [0.1, 0.15) is 46.0 Å². The summed E-state index contributed by atoms with van der Waals surface area (Å²) in [6.07, 6.45) is 5.04. The summed E-state index contributed by atoms with van der Waals surface area (Å²) in [5.41, 5.74) is 0. The van der Waals surface area contributed by atoms with Crippen LogP contribution in [0.2, 0.25) is 0 Å². The lowest BCUT2D eigenvalue weighted by Crippen LogP contribution is -2.15. The summed E-state index contributed by atoms with van der Waals surface area (Å²) in [4.78, 5) is 0.227. The second-order valence-electron chi connectivity index (χ2n) is 4.52. The molecule has 1 rings (SSSR count). The van der Waals surface area contributed by atoms with Crippen LogP contribution in [0.15, 0.2) is 35.2 Å². The minimum Gasteiger partial charge on any atom is -0.263 e. The molecular weight excluding hydrogens is 248 g/mol. The highest BCUT2D eigenvalue weighted by Gasteiger charge is 2.18. The van der Waals surface area contributed by atoms with E-state index in [-0.39, 0.29) is 11.0 Å². The number of hydrogen-bond acceptors (Lipinski definition) is 3. The Morgan fingerprint density at radius 1 is 1.11 bits per heavy atom. The van der Waals surface area contributed by atoms with Crippen molar-refractivity contribution in [2.75, 3.05) is 0 Å². The number of benzene rings is 1. The van der Waals surface area contributed by atoms with E-state index in [0.29, 0.717) is 0 Å². The maximum Gasteiger partial charge on any atom is 0.297 e. The molecule has 0 radical (unpaired) electrons. The van der Waals surface area contributed by atoms with E-state index in [9.17, 15) is 8.42 Å². The Labute approximate surface area is 110 Å². The van der Waals surface area contributed by atoms with Gasteiger partial charge in [0, 0.05) is 0 Å². The molecule has 3 nitrogen and oxygen atoms in total. The Kier molecular flexibility index (Phi) is 6.36. The molecule has 0 spiro atoms. The third-order valence-electron chi connectivity index (χ3n) is 2.79. The zero-order valence-corrected chi connectivity index (χ0v) is 11.9. The third-order valence-corrected chi connectivity index (χ3v) is 4.22. The van der Waals surface area contributed by atoms with E-state index in [1.807, 2.05) is 6.92 Å². The van der Waals surface area contributed by atoms with Crippen LogP contribution in [0, 0.1) is 0 Å². The van der Waals surface area contributed by atoms with Crippen molar-refractivity contribution in [2.24, 2.45) is 0 Å². The van der Waals surface area contributed by atoms with E-state index in [4.69, 9.17) is 4.18 Å². The van der Waals surface area contributed by atoms with Crippen LogP contribution >= 0.6 is 0 Å². The fourth-order valence-electron chi connectivity index (χ4n) is 1.77. The first-order valence-electron chi connectivity index (χ1n) is 6.54. The average molecular weight is 270 g/mol. The fourth-order valence-corrected chi connectivity index (χ4v) is 2.90. The fraction of sp³-hybridized carbons (Fsp3) is 0.571. The van der Waals surface area contributed by atoms with Crippen LogP contribution in [0.4, 0.5) is 0 Å². The number of unbranched alkanes of at least 4 members (excludes halogenated alkanes) is 3. The molecule has 0 fully saturated rings. The maximum absolute atomic E-state index is 11.9. The molecule has 0 aliphatic rings. The summed E-state index contributed by atoms with van der Waals surface area (Å²) in [6.45, 7) is 3.96. The third kappa shape index (κ3) is 5.19. The normalized spacial score (nSPS) is 13.4. The van der Waals surface area contributed by atoms with E-state index in [1.165, 1.54) is 12.8 Å². The highest BCUT2D eigenvalue weighted by molar-refractivity contribution is 7.86. The van der Waals surface area contributed by atoms with Gasteiger partial charge in [0.1, 0.15) is 0 Å². The zero-order valence-electron chi connectivity index (χ0n) is 11.1. The molecule has 4 heteroatoms. The van der Waals surface area contributed by atoms with Gasteiger partial charge in [0.15, 0.2) is 0 Å². The smallest absolute Gasteiger partial charge is 0.263 e. The minimum absolute atomic E-state index is 0.227. The van der Waals surface area contributed by atoms with Crippen molar-refractivity contribution in [1.29, 1.82) is 0 Å². The van der Waals surface area contributed by atoms with Crippen LogP contribution in [-0.2, 0) is 14.3 Å². The SMILES string of the molecule is CCCCCC[C@H](C)OS(=O)(=O)c1ccccc1. The molecule has 0 aliphatic heterocycles. The van der Waals surface area contributed by atoms with Crippen molar-refractivity contribution in [1.82, 2.24) is 0 Å². The molecule has 0 N–H and O–H groups in total. The highest BCUT2D eigenvalue weighted by Crippen LogP contribution is 2.16. The predicted octanol–water partition coefficient (Wildman–Crippen LogP) is 3.75. The van der Waals surface area contributed by atoms with Crippen molar-refractivity contribution < 1.29 is 12.6 Å². The van der Waals surface area contributed by atoms with E-state index >= 15 is 0 Å². The van der Waals surface area contributed by atoms with Crippen molar-refractivity contribution >= 4 is 10.1 Å². The molecule has 102 valence electrons. The minimum atomic E-state index is -3.60. The molecule has 0 unspecified atom stereocenters. The molecule has 0 saturated heterocycles. The zero-order chi connectivity index (χ0) is 13.4. The summed E-state index contributed by atoms with van der Waals surface area (Å²) in [5.74, 6) is 0. The number of rotatable bonds is 8. The van der Waals surface area contributed by atoms with Gasteiger partial charge < -0.3 is 0 Å². The molecule has 1 aromatic rings. The van der Waals surface area contributed by atoms with Gasteiger partial charge in [-0.1, -0.05) is 50.8 Å². The van der Waals surface area contributed by atoms with Gasteiger partial charge in [-0.25, -0.2) is 0 Å². The standard InChI is InChI=1S/C14H22O3S/c1-3-4-5-7-10-13(2)17-18(15,16)14-11-8-6-9-12-14/h6,8-9,11-13H,3-5,7,10H2,1-2H3/t13-/m0/s1. The van der Waals surface area contributed by atoms with Crippen molar-refractivity contribution in [3.63, 3.8) is 0 Å². The van der Waals surface area contributed by atoms with E-state index in [0.717, 1.165) is 19.3 Å². The van der Waals surface area contributed by atoms with Crippen LogP contribution in [0.5, 0.6) is 0 Å². The molecule has 0 saturated carbocycles.